The first kappa shape index (κ1) is 15.2. The van der Waals surface area contributed by atoms with Crippen LogP contribution in [-0.2, 0) is 10.0 Å². The van der Waals surface area contributed by atoms with Gasteiger partial charge in [-0.2, -0.15) is 4.31 Å². The fourth-order valence-corrected chi connectivity index (χ4v) is 4.12. The molecule has 0 aromatic heterocycles. The van der Waals surface area contributed by atoms with E-state index in [1.165, 1.54) is 19.4 Å². The summed E-state index contributed by atoms with van der Waals surface area (Å²) >= 11 is 0. The minimum Gasteiger partial charge on any atom is -0.320 e. The summed E-state index contributed by atoms with van der Waals surface area (Å²) in [6.07, 6.45) is 4.41. The third-order valence-electron chi connectivity index (χ3n) is 4.02. The van der Waals surface area contributed by atoms with Crippen molar-refractivity contribution in [3.8, 4) is 0 Å². The second kappa shape index (κ2) is 7.02. The Morgan fingerprint density at radius 3 is 2.37 bits per heavy atom. The molecule has 0 aromatic rings. The van der Waals surface area contributed by atoms with Crippen molar-refractivity contribution >= 4 is 10.0 Å². The highest BCUT2D eigenvalue weighted by molar-refractivity contribution is 7.89. The molecular weight excluding hydrogens is 262 g/mol. The lowest BCUT2D eigenvalue weighted by Crippen LogP contribution is -2.49. The molecule has 0 amide bonds. The van der Waals surface area contributed by atoms with Gasteiger partial charge in [0.25, 0.3) is 0 Å². The molecule has 112 valence electrons. The molecule has 2 aliphatic rings. The maximum atomic E-state index is 12.2. The second-order valence-corrected chi connectivity index (χ2v) is 7.86. The largest absolute Gasteiger partial charge is 0.320 e. The highest BCUT2D eigenvalue weighted by Crippen LogP contribution is 2.30. The van der Waals surface area contributed by atoms with Gasteiger partial charge >= 0.3 is 0 Å². The molecule has 5 nitrogen and oxygen atoms in total. The molecule has 6 heteroatoms. The zero-order valence-electron chi connectivity index (χ0n) is 12.0. The van der Waals surface area contributed by atoms with Gasteiger partial charge in [-0.3, -0.25) is 0 Å². The monoisotopic (exact) mass is 289 g/mol. The summed E-state index contributed by atoms with van der Waals surface area (Å²) in [4.78, 5) is 2.42. The highest BCUT2D eigenvalue weighted by Gasteiger charge is 2.29. The van der Waals surface area contributed by atoms with Crippen LogP contribution in [0.15, 0.2) is 0 Å². The minimum atomic E-state index is -3.02. The summed E-state index contributed by atoms with van der Waals surface area (Å²) in [6.45, 7) is 5.25. The normalized spacial score (nSPS) is 22.8. The molecule has 1 heterocycles. The third-order valence-corrected chi connectivity index (χ3v) is 5.97. The molecule has 0 aromatic carbocycles. The SMILES string of the molecule is CNCCCCS(=O)(=O)N1CCN(CC2CC2)CC1. The molecule has 0 radical (unpaired) electrons. The zero-order chi connectivity index (χ0) is 13.7. The number of unbranched alkanes of at least 4 members (excludes halogenated alkanes) is 1. The van der Waals surface area contributed by atoms with Crippen LogP contribution >= 0.6 is 0 Å². The van der Waals surface area contributed by atoms with E-state index >= 15 is 0 Å². The topological polar surface area (TPSA) is 52.7 Å². The fourth-order valence-electron chi connectivity index (χ4n) is 2.57. The van der Waals surface area contributed by atoms with Gasteiger partial charge in [0.05, 0.1) is 5.75 Å². The van der Waals surface area contributed by atoms with Crippen LogP contribution in [0.5, 0.6) is 0 Å². The first-order valence-corrected chi connectivity index (χ1v) is 9.07. The van der Waals surface area contributed by atoms with Crippen molar-refractivity contribution in [2.75, 3.05) is 52.1 Å². The van der Waals surface area contributed by atoms with Crippen molar-refractivity contribution < 1.29 is 8.42 Å². The summed E-state index contributed by atoms with van der Waals surface area (Å²) in [6, 6.07) is 0. The highest BCUT2D eigenvalue weighted by atomic mass is 32.2. The van der Waals surface area contributed by atoms with Gasteiger partial charge in [0.15, 0.2) is 0 Å². The van der Waals surface area contributed by atoms with E-state index in [9.17, 15) is 8.42 Å². The average Bonchev–Trinajstić information content (AvgIpc) is 3.19. The lowest BCUT2D eigenvalue weighted by atomic mass is 10.3. The predicted molar refractivity (Wildman–Crippen MR) is 77.7 cm³/mol. The molecule has 2 fully saturated rings. The van der Waals surface area contributed by atoms with Crippen LogP contribution in [0.4, 0.5) is 0 Å². The van der Waals surface area contributed by atoms with E-state index < -0.39 is 10.0 Å². The Morgan fingerprint density at radius 1 is 1.11 bits per heavy atom. The molecule has 0 atom stereocenters. The Morgan fingerprint density at radius 2 is 1.79 bits per heavy atom. The molecule has 1 saturated heterocycles. The second-order valence-electron chi connectivity index (χ2n) is 5.77. The Kier molecular flexibility index (Phi) is 5.62. The van der Waals surface area contributed by atoms with Crippen LogP contribution in [0.25, 0.3) is 0 Å². The molecule has 0 bridgehead atoms. The lowest BCUT2D eigenvalue weighted by molar-refractivity contribution is 0.182. The van der Waals surface area contributed by atoms with Gasteiger partial charge < -0.3 is 10.2 Å². The minimum absolute atomic E-state index is 0.303. The van der Waals surface area contributed by atoms with Gasteiger partial charge in [-0.25, -0.2) is 8.42 Å². The molecule has 1 aliphatic carbocycles. The summed E-state index contributed by atoms with van der Waals surface area (Å²) in [5.41, 5.74) is 0. The number of piperazine rings is 1. The Balaban J connectivity index is 1.69. The van der Waals surface area contributed by atoms with Gasteiger partial charge in [-0.15, -0.1) is 0 Å². The molecule has 0 spiro atoms. The van der Waals surface area contributed by atoms with E-state index in [0.29, 0.717) is 18.8 Å². The molecule has 19 heavy (non-hydrogen) atoms. The lowest BCUT2D eigenvalue weighted by Gasteiger charge is -2.34. The number of nitrogens with zero attached hydrogens (tertiary/aromatic N) is 2. The first-order chi connectivity index (χ1) is 9.12. The summed E-state index contributed by atoms with van der Waals surface area (Å²) < 4.78 is 26.0. The van der Waals surface area contributed by atoms with Crippen molar-refractivity contribution in [2.24, 2.45) is 5.92 Å². The maximum Gasteiger partial charge on any atom is 0.214 e. The quantitative estimate of drug-likeness (QED) is 0.655. The molecule has 2 rings (SSSR count). The molecule has 1 saturated carbocycles. The van der Waals surface area contributed by atoms with E-state index in [-0.39, 0.29) is 0 Å². The van der Waals surface area contributed by atoms with Crippen LogP contribution in [0.1, 0.15) is 25.7 Å². The summed E-state index contributed by atoms with van der Waals surface area (Å²) in [5, 5.41) is 3.05. The van der Waals surface area contributed by atoms with E-state index in [1.807, 2.05) is 7.05 Å². The van der Waals surface area contributed by atoms with Crippen molar-refractivity contribution in [3.63, 3.8) is 0 Å². The predicted octanol–water partition coefficient (Wildman–Crippen LogP) is 0.343. The van der Waals surface area contributed by atoms with Crippen molar-refractivity contribution in [1.29, 1.82) is 0 Å². The fraction of sp³-hybridized carbons (Fsp3) is 1.00. The van der Waals surface area contributed by atoms with Crippen molar-refractivity contribution in [3.05, 3.63) is 0 Å². The van der Waals surface area contributed by atoms with Crippen molar-refractivity contribution in [2.45, 2.75) is 25.7 Å². The molecule has 0 unspecified atom stereocenters. The van der Waals surface area contributed by atoms with E-state index in [2.05, 4.69) is 10.2 Å². The zero-order valence-corrected chi connectivity index (χ0v) is 12.8. The molecule has 1 aliphatic heterocycles. The van der Waals surface area contributed by atoms with Gasteiger partial charge in [0.1, 0.15) is 0 Å². The van der Waals surface area contributed by atoms with Crippen molar-refractivity contribution in [1.82, 2.24) is 14.5 Å². The Bertz CT molecular complexity index is 360. The standard InChI is InChI=1S/C13H27N3O2S/c1-14-6-2-3-11-19(17,18)16-9-7-15(8-10-16)12-13-4-5-13/h13-14H,2-12H2,1H3. The third kappa shape index (κ3) is 5.02. The van der Waals surface area contributed by atoms with E-state index in [0.717, 1.165) is 38.4 Å². The number of hydrogen-bond donors (Lipinski definition) is 1. The summed E-state index contributed by atoms with van der Waals surface area (Å²) in [5.74, 6) is 1.20. The van der Waals surface area contributed by atoms with Gasteiger partial charge in [0, 0.05) is 32.7 Å². The number of sulfonamides is 1. The van der Waals surface area contributed by atoms with Gasteiger partial charge in [-0.1, -0.05) is 0 Å². The maximum absolute atomic E-state index is 12.2. The molecular formula is C13H27N3O2S. The van der Waals surface area contributed by atoms with Crippen LogP contribution < -0.4 is 5.32 Å². The van der Waals surface area contributed by atoms with Gasteiger partial charge in [-0.05, 0) is 45.2 Å². The average molecular weight is 289 g/mol. The Hall–Kier alpha value is -0.170. The summed E-state index contributed by atoms with van der Waals surface area (Å²) in [7, 11) is -1.12. The van der Waals surface area contributed by atoms with E-state index in [1.54, 1.807) is 4.31 Å². The number of nitrogens with one attached hydrogen (secondary N) is 1. The van der Waals surface area contributed by atoms with Gasteiger partial charge in [0.2, 0.25) is 10.0 Å². The molecule has 1 N–H and O–H groups in total. The van der Waals surface area contributed by atoms with Crippen LogP contribution in [0.2, 0.25) is 0 Å². The van der Waals surface area contributed by atoms with E-state index in [4.69, 9.17) is 0 Å². The first-order valence-electron chi connectivity index (χ1n) is 7.46. The number of hydrogen-bond acceptors (Lipinski definition) is 4. The Labute approximate surface area is 117 Å². The smallest absolute Gasteiger partial charge is 0.214 e. The number of rotatable bonds is 8. The van der Waals surface area contributed by atoms with Crippen LogP contribution in [0, 0.1) is 5.92 Å². The van der Waals surface area contributed by atoms with Crippen LogP contribution in [-0.4, -0.2) is 69.7 Å². The van der Waals surface area contributed by atoms with Crippen LogP contribution in [0.3, 0.4) is 0 Å².